The van der Waals surface area contributed by atoms with E-state index in [9.17, 15) is 13.6 Å². The summed E-state index contributed by atoms with van der Waals surface area (Å²) in [7, 11) is 0. The van der Waals surface area contributed by atoms with E-state index in [2.05, 4.69) is 20.4 Å². The van der Waals surface area contributed by atoms with Crippen molar-refractivity contribution in [1.82, 2.24) is 30.0 Å². The van der Waals surface area contributed by atoms with Crippen molar-refractivity contribution in [3.05, 3.63) is 71.1 Å². The first-order chi connectivity index (χ1) is 15.5. The molecule has 1 aromatic heterocycles. The maximum atomic E-state index is 14.2. The Labute approximate surface area is 183 Å². The molecule has 0 N–H and O–H groups in total. The molecule has 2 aromatic carbocycles. The van der Waals surface area contributed by atoms with Gasteiger partial charge in [0.25, 0.3) is 0 Å². The molecule has 1 aliphatic rings. The van der Waals surface area contributed by atoms with Crippen molar-refractivity contribution in [3.63, 3.8) is 0 Å². The number of carbonyl (C=O) groups excluding carboxylic acids is 1. The van der Waals surface area contributed by atoms with E-state index in [1.54, 1.807) is 10.8 Å². The minimum atomic E-state index is -0.842. The van der Waals surface area contributed by atoms with Crippen LogP contribution in [0.25, 0.3) is 5.69 Å². The molecular weight excluding hydrogens is 416 g/mol. The largest absolute Gasteiger partial charge is 0.340 e. The van der Waals surface area contributed by atoms with E-state index in [1.807, 2.05) is 29.2 Å². The molecule has 1 fully saturated rings. The molecule has 0 radical (unpaired) electrons. The molecule has 0 atom stereocenters. The Morgan fingerprint density at radius 3 is 2.47 bits per heavy atom. The number of tetrazole rings is 1. The smallest absolute Gasteiger partial charge is 0.227 e. The highest BCUT2D eigenvalue weighted by Crippen LogP contribution is 2.17. The van der Waals surface area contributed by atoms with Crippen LogP contribution >= 0.6 is 0 Å². The van der Waals surface area contributed by atoms with Crippen molar-refractivity contribution in [3.8, 4) is 11.8 Å². The van der Waals surface area contributed by atoms with E-state index in [0.717, 1.165) is 17.3 Å². The third-order valence-corrected chi connectivity index (χ3v) is 5.61. The molecule has 4 rings (SSSR count). The average Bonchev–Trinajstić information content (AvgIpc) is 3.35. The number of halogens is 2. The number of nitriles is 1. The summed E-state index contributed by atoms with van der Waals surface area (Å²) < 4.78 is 29.2. The van der Waals surface area contributed by atoms with Crippen molar-refractivity contribution in [1.29, 1.82) is 5.26 Å². The van der Waals surface area contributed by atoms with Crippen LogP contribution in [0.5, 0.6) is 0 Å². The summed E-state index contributed by atoms with van der Waals surface area (Å²) in [5.41, 5.74) is 1.52. The first kappa shape index (κ1) is 21.5. The van der Waals surface area contributed by atoms with Gasteiger partial charge in [-0.15, -0.1) is 5.10 Å². The van der Waals surface area contributed by atoms with Crippen molar-refractivity contribution in [2.24, 2.45) is 0 Å². The van der Waals surface area contributed by atoms with Crippen molar-refractivity contribution >= 4 is 5.91 Å². The number of nitrogens with zero attached hydrogens (tertiary/aromatic N) is 7. The lowest BCUT2D eigenvalue weighted by Gasteiger charge is -2.35. The van der Waals surface area contributed by atoms with Crippen LogP contribution in [-0.4, -0.2) is 68.6 Å². The summed E-state index contributed by atoms with van der Waals surface area (Å²) in [5, 5.41) is 19.9. The van der Waals surface area contributed by atoms with E-state index in [4.69, 9.17) is 5.26 Å². The summed E-state index contributed by atoms with van der Waals surface area (Å²) in [6, 6.07) is 11.6. The van der Waals surface area contributed by atoms with Gasteiger partial charge in [0, 0.05) is 32.7 Å². The molecule has 2 heterocycles. The predicted molar refractivity (Wildman–Crippen MR) is 111 cm³/mol. The van der Waals surface area contributed by atoms with E-state index >= 15 is 0 Å². The van der Waals surface area contributed by atoms with Gasteiger partial charge in [-0.1, -0.05) is 18.2 Å². The average molecular weight is 437 g/mol. The number of amides is 1. The molecule has 0 bridgehead atoms. The van der Waals surface area contributed by atoms with Gasteiger partial charge in [0.1, 0.15) is 29.6 Å². The highest BCUT2D eigenvalue weighted by atomic mass is 19.1. The Bertz CT molecular complexity index is 1120. The van der Waals surface area contributed by atoms with Crippen LogP contribution in [0.1, 0.15) is 16.7 Å². The summed E-state index contributed by atoms with van der Waals surface area (Å²) in [4.78, 5) is 16.6. The van der Waals surface area contributed by atoms with Crippen LogP contribution in [0.3, 0.4) is 0 Å². The minimum absolute atomic E-state index is 0.0584. The van der Waals surface area contributed by atoms with Crippen molar-refractivity contribution in [2.45, 2.75) is 12.8 Å². The lowest BCUT2D eigenvalue weighted by atomic mass is 10.1. The zero-order valence-corrected chi connectivity index (χ0v) is 17.3. The van der Waals surface area contributed by atoms with Crippen molar-refractivity contribution in [2.75, 3.05) is 32.7 Å². The number of hydrogen-bond acceptors (Lipinski definition) is 6. The van der Waals surface area contributed by atoms with Crippen LogP contribution in [0.4, 0.5) is 8.78 Å². The van der Waals surface area contributed by atoms with Crippen LogP contribution in [0.2, 0.25) is 0 Å². The normalized spacial score (nSPS) is 14.3. The van der Waals surface area contributed by atoms with Gasteiger partial charge in [0.15, 0.2) is 0 Å². The van der Waals surface area contributed by atoms with Gasteiger partial charge in [-0.2, -0.15) is 5.26 Å². The highest BCUT2D eigenvalue weighted by molar-refractivity contribution is 5.79. The Morgan fingerprint density at radius 2 is 1.81 bits per heavy atom. The second-order valence-electron chi connectivity index (χ2n) is 7.58. The van der Waals surface area contributed by atoms with Gasteiger partial charge in [-0.3, -0.25) is 9.69 Å². The third kappa shape index (κ3) is 4.78. The fourth-order valence-electron chi connectivity index (χ4n) is 3.72. The Balaban J connectivity index is 1.26. The van der Waals surface area contributed by atoms with Gasteiger partial charge in [-0.05, 0) is 46.2 Å². The monoisotopic (exact) mass is 437 g/mol. The highest BCUT2D eigenvalue weighted by Gasteiger charge is 2.22. The molecule has 10 heteroatoms. The molecular formula is C22H21F2N7O. The van der Waals surface area contributed by atoms with Gasteiger partial charge in [0.05, 0.1) is 12.1 Å². The number of rotatable bonds is 6. The van der Waals surface area contributed by atoms with E-state index in [1.165, 1.54) is 12.4 Å². The SMILES string of the molecule is N#Cc1c(F)ccc(CCN2CCN(C(=O)Cc3ccc(-n4cnnn4)cc3)CC2)c1F. The first-order valence-electron chi connectivity index (χ1n) is 10.2. The Hall–Kier alpha value is -3.71. The van der Waals surface area contributed by atoms with Crippen LogP contribution in [0.15, 0.2) is 42.7 Å². The second kappa shape index (κ2) is 9.62. The molecule has 1 amide bonds. The lowest BCUT2D eigenvalue weighted by Crippen LogP contribution is -2.49. The van der Waals surface area contributed by atoms with E-state index in [-0.39, 0.29) is 5.91 Å². The number of piperazine rings is 1. The summed E-state index contributed by atoms with van der Waals surface area (Å²) in [6.07, 6.45) is 2.20. The van der Waals surface area contributed by atoms with Gasteiger partial charge < -0.3 is 4.90 Å². The topological polar surface area (TPSA) is 90.9 Å². The molecule has 0 unspecified atom stereocenters. The van der Waals surface area contributed by atoms with Crippen molar-refractivity contribution < 1.29 is 13.6 Å². The van der Waals surface area contributed by atoms with Crippen LogP contribution in [0, 0.1) is 23.0 Å². The number of benzene rings is 2. The number of carbonyl (C=O) groups is 1. The molecule has 8 nitrogen and oxygen atoms in total. The molecule has 0 spiro atoms. The number of aromatic nitrogens is 4. The molecule has 164 valence electrons. The quantitative estimate of drug-likeness (QED) is 0.584. The van der Waals surface area contributed by atoms with E-state index < -0.39 is 17.2 Å². The molecule has 3 aromatic rings. The molecule has 0 saturated carbocycles. The molecule has 1 aliphatic heterocycles. The fraction of sp³-hybridized carbons (Fsp3) is 0.318. The third-order valence-electron chi connectivity index (χ3n) is 5.61. The molecule has 32 heavy (non-hydrogen) atoms. The lowest BCUT2D eigenvalue weighted by molar-refractivity contribution is -0.132. The molecule has 1 saturated heterocycles. The maximum Gasteiger partial charge on any atom is 0.227 e. The standard InChI is InChI=1S/C22H21F2N7O/c23-20-6-3-17(22(24)19(20)14-25)7-8-29-9-11-30(12-10-29)21(32)13-16-1-4-18(5-2-16)31-15-26-27-28-31/h1-6,15H,7-13H2. The number of hydrogen-bond donors (Lipinski definition) is 0. The van der Waals surface area contributed by atoms with Crippen LogP contribution < -0.4 is 0 Å². The van der Waals surface area contributed by atoms with E-state index in [0.29, 0.717) is 51.1 Å². The Morgan fingerprint density at radius 1 is 1.06 bits per heavy atom. The van der Waals surface area contributed by atoms with Gasteiger partial charge in [0.2, 0.25) is 5.91 Å². The summed E-state index contributed by atoms with van der Waals surface area (Å²) >= 11 is 0. The zero-order valence-electron chi connectivity index (χ0n) is 17.3. The zero-order chi connectivity index (χ0) is 22.5. The molecule has 0 aliphatic carbocycles. The summed E-state index contributed by atoms with van der Waals surface area (Å²) in [6.45, 7) is 3.12. The van der Waals surface area contributed by atoms with Gasteiger partial charge >= 0.3 is 0 Å². The second-order valence-corrected chi connectivity index (χ2v) is 7.58. The predicted octanol–water partition coefficient (Wildman–Crippen LogP) is 1.74. The maximum absolute atomic E-state index is 14.2. The van der Waals surface area contributed by atoms with Crippen LogP contribution in [-0.2, 0) is 17.6 Å². The fourth-order valence-corrected chi connectivity index (χ4v) is 3.72. The minimum Gasteiger partial charge on any atom is -0.340 e. The summed E-state index contributed by atoms with van der Waals surface area (Å²) in [5.74, 6) is -1.57. The first-order valence-corrected chi connectivity index (χ1v) is 10.2. The van der Waals surface area contributed by atoms with Gasteiger partial charge in [-0.25, -0.2) is 13.5 Å². The Kier molecular flexibility index (Phi) is 6.47.